The van der Waals surface area contributed by atoms with Crippen molar-refractivity contribution in [2.45, 2.75) is 25.4 Å². The number of Topliss-reactive ketones (excluding diaryl/α,β-unsaturated/α-hetero) is 1. The van der Waals surface area contributed by atoms with E-state index in [1.165, 1.54) is 0 Å². The van der Waals surface area contributed by atoms with Gasteiger partial charge in [0.15, 0.2) is 5.78 Å². The van der Waals surface area contributed by atoms with E-state index in [0.717, 1.165) is 29.7 Å². The van der Waals surface area contributed by atoms with E-state index < -0.39 is 0 Å². The smallest absolute Gasteiger partial charge is 0.163 e. The Bertz CT molecular complexity index is 421. The minimum atomic E-state index is 0.192. The van der Waals surface area contributed by atoms with Gasteiger partial charge in [-0.05, 0) is 36.6 Å². The fourth-order valence-corrected chi connectivity index (χ4v) is 2.17. The molecule has 0 aromatic heterocycles. The third-order valence-electron chi connectivity index (χ3n) is 3.14. The first-order valence-corrected chi connectivity index (χ1v) is 5.73. The first-order chi connectivity index (χ1) is 7.83. The predicted octanol–water partition coefficient (Wildman–Crippen LogP) is 1.98. The Morgan fingerprint density at radius 2 is 2.12 bits per heavy atom. The van der Waals surface area contributed by atoms with Crippen LogP contribution >= 0.6 is 0 Å². The molecule has 2 aliphatic rings. The number of hydrogen-bond donors (Lipinski definition) is 0. The van der Waals surface area contributed by atoms with Crippen LogP contribution in [0.15, 0.2) is 18.2 Å². The summed E-state index contributed by atoms with van der Waals surface area (Å²) >= 11 is 0. The summed E-state index contributed by atoms with van der Waals surface area (Å²) in [5.41, 5.74) is 2.01. The van der Waals surface area contributed by atoms with Gasteiger partial charge in [0, 0.05) is 12.0 Å². The van der Waals surface area contributed by atoms with E-state index in [-0.39, 0.29) is 11.9 Å². The Balaban J connectivity index is 1.83. The van der Waals surface area contributed by atoms with Gasteiger partial charge in [0.2, 0.25) is 0 Å². The normalized spacial score (nSPS) is 20.1. The Kier molecular flexibility index (Phi) is 2.40. The molecule has 0 radical (unpaired) electrons. The van der Waals surface area contributed by atoms with Crippen molar-refractivity contribution in [1.29, 1.82) is 0 Å². The third kappa shape index (κ3) is 1.71. The van der Waals surface area contributed by atoms with Crippen LogP contribution in [0.5, 0.6) is 5.75 Å². The molecule has 84 valence electrons. The average molecular weight is 218 g/mol. The monoisotopic (exact) mass is 218 g/mol. The number of benzene rings is 1. The van der Waals surface area contributed by atoms with Crippen LogP contribution in [0.1, 0.15) is 28.8 Å². The van der Waals surface area contributed by atoms with E-state index in [1.807, 2.05) is 18.2 Å². The number of hydrogen-bond acceptors (Lipinski definition) is 3. The van der Waals surface area contributed by atoms with Gasteiger partial charge in [-0.2, -0.15) is 0 Å². The van der Waals surface area contributed by atoms with Crippen molar-refractivity contribution in [1.82, 2.24) is 0 Å². The van der Waals surface area contributed by atoms with Crippen LogP contribution in [-0.4, -0.2) is 25.1 Å². The molecule has 1 fully saturated rings. The maximum atomic E-state index is 11.6. The molecular formula is C13H14O3. The highest BCUT2D eigenvalue weighted by molar-refractivity contribution is 5.98. The van der Waals surface area contributed by atoms with Crippen molar-refractivity contribution in [2.24, 2.45) is 0 Å². The molecule has 0 saturated carbocycles. The van der Waals surface area contributed by atoms with Crippen molar-refractivity contribution < 1.29 is 14.3 Å². The second kappa shape index (κ2) is 3.91. The first kappa shape index (κ1) is 9.85. The summed E-state index contributed by atoms with van der Waals surface area (Å²) in [7, 11) is 0. The van der Waals surface area contributed by atoms with Gasteiger partial charge in [0.05, 0.1) is 13.2 Å². The second-order valence-electron chi connectivity index (χ2n) is 4.37. The zero-order valence-corrected chi connectivity index (χ0v) is 9.07. The molecule has 0 unspecified atom stereocenters. The number of carbonyl (C=O) groups excluding carboxylic acids is 1. The highest BCUT2D eigenvalue weighted by Gasteiger charge is 2.22. The van der Waals surface area contributed by atoms with Gasteiger partial charge < -0.3 is 9.47 Å². The average Bonchev–Trinajstić information content (AvgIpc) is 2.24. The highest BCUT2D eigenvalue weighted by Crippen LogP contribution is 2.26. The summed E-state index contributed by atoms with van der Waals surface area (Å²) in [5.74, 6) is 1.13. The summed E-state index contributed by atoms with van der Waals surface area (Å²) in [6, 6.07) is 5.79. The minimum Gasteiger partial charge on any atom is -0.486 e. The number of ketones is 1. The summed E-state index contributed by atoms with van der Waals surface area (Å²) in [5, 5.41) is 0. The number of fused-ring (bicyclic) bond motifs is 1. The van der Waals surface area contributed by atoms with Gasteiger partial charge >= 0.3 is 0 Å². The Morgan fingerprint density at radius 1 is 1.25 bits per heavy atom. The summed E-state index contributed by atoms with van der Waals surface area (Å²) in [6.07, 6.45) is 2.82. The molecule has 1 aromatic carbocycles. The number of ether oxygens (including phenoxy) is 2. The number of aryl methyl sites for hydroxylation is 1. The maximum absolute atomic E-state index is 11.6. The molecule has 1 aliphatic carbocycles. The van der Waals surface area contributed by atoms with Crippen LogP contribution < -0.4 is 4.74 Å². The molecule has 3 heteroatoms. The zero-order chi connectivity index (χ0) is 11.0. The van der Waals surface area contributed by atoms with E-state index in [1.54, 1.807) is 0 Å². The fourth-order valence-electron chi connectivity index (χ4n) is 2.17. The molecule has 3 nitrogen and oxygen atoms in total. The van der Waals surface area contributed by atoms with Gasteiger partial charge in [-0.3, -0.25) is 4.79 Å². The molecule has 1 saturated heterocycles. The molecule has 0 spiro atoms. The standard InChI is InChI=1S/C13H14O3/c14-13-3-1-2-9-6-10(4-5-12(9)13)16-11-7-15-8-11/h4-6,11H,1-3,7-8H2. The Morgan fingerprint density at radius 3 is 2.88 bits per heavy atom. The summed E-state index contributed by atoms with van der Waals surface area (Å²) < 4.78 is 10.8. The topological polar surface area (TPSA) is 35.5 Å². The van der Waals surface area contributed by atoms with Crippen molar-refractivity contribution in [2.75, 3.05) is 13.2 Å². The van der Waals surface area contributed by atoms with Crippen LogP contribution in [0.2, 0.25) is 0 Å². The van der Waals surface area contributed by atoms with Crippen LogP contribution in [0, 0.1) is 0 Å². The van der Waals surface area contributed by atoms with Gasteiger partial charge in [0.1, 0.15) is 11.9 Å². The molecule has 0 atom stereocenters. The Hall–Kier alpha value is -1.35. The summed E-state index contributed by atoms with van der Waals surface area (Å²) in [6.45, 7) is 1.35. The van der Waals surface area contributed by atoms with Crippen molar-refractivity contribution in [3.63, 3.8) is 0 Å². The number of rotatable bonds is 2. The molecule has 1 heterocycles. The third-order valence-corrected chi connectivity index (χ3v) is 3.14. The molecule has 0 N–H and O–H groups in total. The van der Waals surface area contributed by atoms with Crippen molar-refractivity contribution in [3.05, 3.63) is 29.3 Å². The van der Waals surface area contributed by atoms with E-state index >= 15 is 0 Å². The predicted molar refractivity (Wildman–Crippen MR) is 58.9 cm³/mol. The lowest BCUT2D eigenvalue weighted by Crippen LogP contribution is -2.38. The lowest BCUT2D eigenvalue weighted by atomic mass is 9.90. The van der Waals surface area contributed by atoms with Gasteiger partial charge in [0.25, 0.3) is 0 Å². The molecule has 1 aromatic rings. The van der Waals surface area contributed by atoms with Crippen LogP contribution in [-0.2, 0) is 11.2 Å². The molecule has 16 heavy (non-hydrogen) atoms. The van der Waals surface area contributed by atoms with E-state index in [4.69, 9.17) is 9.47 Å². The largest absolute Gasteiger partial charge is 0.486 e. The quantitative estimate of drug-likeness (QED) is 0.761. The maximum Gasteiger partial charge on any atom is 0.163 e. The fraction of sp³-hybridized carbons (Fsp3) is 0.462. The molecule has 0 amide bonds. The van der Waals surface area contributed by atoms with Gasteiger partial charge in [-0.1, -0.05) is 0 Å². The molecule has 1 aliphatic heterocycles. The Labute approximate surface area is 94.4 Å². The first-order valence-electron chi connectivity index (χ1n) is 5.73. The van der Waals surface area contributed by atoms with Crippen LogP contribution in [0.4, 0.5) is 0 Å². The molecule has 3 rings (SSSR count). The number of carbonyl (C=O) groups is 1. The zero-order valence-electron chi connectivity index (χ0n) is 9.07. The lowest BCUT2D eigenvalue weighted by molar-refractivity contribution is -0.0797. The summed E-state index contributed by atoms with van der Waals surface area (Å²) in [4.78, 5) is 11.6. The van der Waals surface area contributed by atoms with E-state index in [0.29, 0.717) is 19.6 Å². The molecular weight excluding hydrogens is 204 g/mol. The molecule has 0 bridgehead atoms. The SMILES string of the molecule is O=C1CCCc2cc(OC3COC3)ccc21. The lowest BCUT2D eigenvalue weighted by Gasteiger charge is -2.27. The van der Waals surface area contributed by atoms with Crippen molar-refractivity contribution in [3.8, 4) is 5.75 Å². The van der Waals surface area contributed by atoms with E-state index in [9.17, 15) is 4.79 Å². The van der Waals surface area contributed by atoms with Gasteiger partial charge in [-0.15, -0.1) is 0 Å². The van der Waals surface area contributed by atoms with Crippen molar-refractivity contribution >= 4 is 5.78 Å². The second-order valence-corrected chi connectivity index (χ2v) is 4.37. The highest BCUT2D eigenvalue weighted by atomic mass is 16.6. The van der Waals surface area contributed by atoms with Crippen LogP contribution in [0.25, 0.3) is 0 Å². The van der Waals surface area contributed by atoms with Gasteiger partial charge in [-0.25, -0.2) is 0 Å². The minimum absolute atomic E-state index is 0.192. The van der Waals surface area contributed by atoms with Crippen LogP contribution in [0.3, 0.4) is 0 Å². The van der Waals surface area contributed by atoms with E-state index in [2.05, 4.69) is 0 Å².